The molecule has 0 saturated carbocycles. The summed E-state index contributed by atoms with van der Waals surface area (Å²) in [7, 11) is 0. The molecule has 0 saturated heterocycles. The summed E-state index contributed by atoms with van der Waals surface area (Å²) in [4.78, 5) is 0. The van der Waals surface area contributed by atoms with Crippen LogP contribution in [0.25, 0.3) is 6.08 Å². The van der Waals surface area contributed by atoms with Crippen molar-refractivity contribution in [1.29, 1.82) is 0 Å². The van der Waals surface area contributed by atoms with Crippen LogP contribution in [-0.4, -0.2) is 16.9 Å². The van der Waals surface area contributed by atoms with Gasteiger partial charge < -0.3 is 9.63 Å². The Kier molecular flexibility index (Phi) is 2.04. The topological polar surface area (TPSA) is 46.3 Å². The van der Waals surface area contributed by atoms with Crippen molar-refractivity contribution in [3.05, 3.63) is 24.1 Å². The van der Waals surface area contributed by atoms with Crippen molar-refractivity contribution in [3.8, 4) is 0 Å². The Morgan fingerprint density at radius 3 is 3.22 bits per heavy atom. The van der Waals surface area contributed by atoms with Gasteiger partial charge in [0.2, 0.25) is 0 Å². The molecule has 3 heteroatoms. The third-order valence-corrected chi connectivity index (χ3v) is 0.845. The first-order valence-corrected chi connectivity index (χ1v) is 2.61. The van der Waals surface area contributed by atoms with Gasteiger partial charge in [-0.2, -0.15) is 0 Å². The fourth-order valence-electron chi connectivity index (χ4n) is 0.480. The molecule has 0 bridgehead atoms. The number of nitrogens with zero attached hydrogens (tertiary/aromatic N) is 1. The van der Waals surface area contributed by atoms with E-state index in [4.69, 9.17) is 5.11 Å². The molecule has 48 valence electrons. The van der Waals surface area contributed by atoms with Crippen LogP contribution in [0.3, 0.4) is 0 Å². The van der Waals surface area contributed by atoms with Crippen molar-refractivity contribution in [3.63, 3.8) is 0 Å². The van der Waals surface area contributed by atoms with Crippen molar-refractivity contribution in [1.82, 2.24) is 5.16 Å². The summed E-state index contributed by atoms with van der Waals surface area (Å²) in [6, 6.07) is 1.71. The van der Waals surface area contributed by atoms with Crippen LogP contribution in [0.1, 0.15) is 5.76 Å². The highest BCUT2D eigenvalue weighted by Gasteiger charge is 1.85. The zero-order valence-corrected chi connectivity index (χ0v) is 4.82. The lowest BCUT2D eigenvalue weighted by Crippen LogP contribution is -1.69. The van der Waals surface area contributed by atoms with Gasteiger partial charge in [-0.25, -0.2) is 0 Å². The molecule has 1 aromatic rings. The van der Waals surface area contributed by atoms with E-state index < -0.39 is 0 Å². The van der Waals surface area contributed by atoms with Crippen LogP contribution in [0, 0.1) is 0 Å². The molecule has 1 heterocycles. The Hall–Kier alpha value is -1.09. The van der Waals surface area contributed by atoms with Crippen molar-refractivity contribution in [2.24, 2.45) is 0 Å². The highest BCUT2D eigenvalue weighted by molar-refractivity contribution is 5.40. The molecule has 0 radical (unpaired) electrons. The van der Waals surface area contributed by atoms with E-state index in [2.05, 4.69) is 9.68 Å². The molecule has 1 aromatic heterocycles. The number of hydrogen-bond donors (Lipinski definition) is 1. The van der Waals surface area contributed by atoms with Gasteiger partial charge in [0.15, 0.2) is 5.76 Å². The van der Waals surface area contributed by atoms with E-state index in [1.54, 1.807) is 24.4 Å². The molecule has 9 heavy (non-hydrogen) atoms. The van der Waals surface area contributed by atoms with Crippen LogP contribution < -0.4 is 0 Å². The molecule has 0 unspecified atom stereocenters. The van der Waals surface area contributed by atoms with E-state index in [0.717, 1.165) is 0 Å². The monoisotopic (exact) mass is 125 g/mol. The first kappa shape index (κ1) is 6.04. The lowest BCUT2D eigenvalue weighted by atomic mass is 10.4. The van der Waals surface area contributed by atoms with Crippen LogP contribution in [0.2, 0.25) is 0 Å². The number of aliphatic hydroxyl groups excluding tert-OH is 1. The summed E-state index contributed by atoms with van der Waals surface area (Å²) in [5.41, 5.74) is 0. The molecule has 0 aliphatic heterocycles. The van der Waals surface area contributed by atoms with Crippen LogP contribution >= 0.6 is 0 Å². The van der Waals surface area contributed by atoms with Gasteiger partial charge in [0.1, 0.15) is 0 Å². The largest absolute Gasteiger partial charge is 0.392 e. The standard InChI is InChI=1S/C6H7NO2/c8-5-1-2-6-3-4-7-9-6/h1-4,8H,5H2. The van der Waals surface area contributed by atoms with Crippen molar-refractivity contribution in [2.75, 3.05) is 6.61 Å². The second kappa shape index (κ2) is 3.04. The molecular weight excluding hydrogens is 118 g/mol. The summed E-state index contributed by atoms with van der Waals surface area (Å²) < 4.78 is 4.69. The zero-order chi connectivity index (χ0) is 6.53. The van der Waals surface area contributed by atoms with E-state index in [1.165, 1.54) is 0 Å². The summed E-state index contributed by atoms with van der Waals surface area (Å²) >= 11 is 0. The van der Waals surface area contributed by atoms with Gasteiger partial charge >= 0.3 is 0 Å². The number of aromatic nitrogens is 1. The summed E-state index contributed by atoms with van der Waals surface area (Å²) in [5, 5.41) is 11.8. The van der Waals surface area contributed by atoms with E-state index in [1.807, 2.05) is 0 Å². The molecular formula is C6H7NO2. The van der Waals surface area contributed by atoms with Gasteiger partial charge in [0, 0.05) is 6.07 Å². The second-order valence-corrected chi connectivity index (χ2v) is 1.50. The molecule has 0 amide bonds. The average molecular weight is 125 g/mol. The zero-order valence-electron chi connectivity index (χ0n) is 4.82. The van der Waals surface area contributed by atoms with E-state index in [-0.39, 0.29) is 6.61 Å². The molecule has 1 N–H and O–H groups in total. The molecule has 0 aliphatic carbocycles. The van der Waals surface area contributed by atoms with Gasteiger partial charge in [-0.1, -0.05) is 11.2 Å². The summed E-state index contributed by atoms with van der Waals surface area (Å²) in [5.74, 6) is 0.657. The second-order valence-electron chi connectivity index (χ2n) is 1.50. The Balaban J connectivity index is 2.57. The van der Waals surface area contributed by atoms with Gasteiger partial charge in [-0.05, 0) is 6.08 Å². The SMILES string of the molecule is OCC=Cc1ccno1. The van der Waals surface area contributed by atoms with Crippen LogP contribution in [0.4, 0.5) is 0 Å². The minimum atomic E-state index is 0.0285. The fraction of sp³-hybridized carbons (Fsp3) is 0.167. The first-order chi connectivity index (χ1) is 4.43. The van der Waals surface area contributed by atoms with E-state index >= 15 is 0 Å². The molecule has 0 aliphatic rings. The highest BCUT2D eigenvalue weighted by atomic mass is 16.5. The predicted molar refractivity (Wildman–Crippen MR) is 32.6 cm³/mol. The number of hydrogen-bond acceptors (Lipinski definition) is 3. The minimum absolute atomic E-state index is 0.0285. The molecule has 0 spiro atoms. The van der Waals surface area contributed by atoms with Gasteiger partial charge in [0.25, 0.3) is 0 Å². The fourth-order valence-corrected chi connectivity index (χ4v) is 0.480. The Morgan fingerprint density at radius 1 is 1.78 bits per heavy atom. The summed E-state index contributed by atoms with van der Waals surface area (Å²) in [6.07, 6.45) is 4.80. The molecule has 3 nitrogen and oxygen atoms in total. The Labute approximate surface area is 52.6 Å². The van der Waals surface area contributed by atoms with E-state index in [9.17, 15) is 0 Å². The first-order valence-electron chi connectivity index (χ1n) is 2.61. The van der Waals surface area contributed by atoms with Gasteiger partial charge in [0.05, 0.1) is 12.8 Å². The smallest absolute Gasteiger partial charge is 0.159 e. The van der Waals surface area contributed by atoms with Gasteiger partial charge in [-0.3, -0.25) is 0 Å². The predicted octanol–water partition coefficient (Wildman–Crippen LogP) is 0.680. The maximum absolute atomic E-state index is 8.32. The maximum Gasteiger partial charge on any atom is 0.159 e. The molecule has 1 rings (SSSR count). The molecule has 0 atom stereocenters. The lowest BCUT2D eigenvalue weighted by Gasteiger charge is -1.77. The van der Waals surface area contributed by atoms with Crippen LogP contribution in [-0.2, 0) is 0 Å². The number of aliphatic hydroxyl groups is 1. The third kappa shape index (κ3) is 1.70. The lowest BCUT2D eigenvalue weighted by molar-refractivity contribution is 0.343. The minimum Gasteiger partial charge on any atom is -0.392 e. The third-order valence-electron chi connectivity index (χ3n) is 0.845. The quantitative estimate of drug-likeness (QED) is 0.632. The Morgan fingerprint density at radius 2 is 2.67 bits per heavy atom. The molecule has 0 aromatic carbocycles. The van der Waals surface area contributed by atoms with Gasteiger partial charge in [-0.15, -0.1) is 0 Å². The number of rotatable bonds is 2. The Bertz CT molecular complexity index is 179. The normalized spacial score (nSPS) is 10.8. The van der Waals surface area contributed by atoms with Crippen molar-refractivity contribution in [2.45, 2.75) is 0 Å². The van der Waals surface area contributed by atoms with Crippen LogP contribution in [0.15, 0.2) is 22.9 Å². The molecule has 0 fully saturated rings. The van der Waals surface area contributed by atoms with Crippen molar-refractivity contribution >= 4 is 6.08 Å². The van der Waals surface area contributed by atoms with Crippen LogP contribution in [0.5, 0.6) is 0 Å². The highest BCUT2D eigenvalue weighted by Crippen LogP contribution is 1.97. The van der Waals surface area contributed by atoms with E-state index in [0.29, 0.717) is 5.76 Å². The van der Waals surface area contributed by atoms with Crippen molar-refractivity contribution < 1.29 is 9.63 Å². The summed E-state index contributed by atoms with van der Waals surface area (Å²) in [6.45, 7) is 0.0285. The average Bonchev–Trinajstić information content (AvgIpc) is 2.34. The maximum atomic E-state index is 8.32.